The SMILES string of the molecule is Cc1cc(C)c(NC(=O)C2CCN(S(=O)(=O)c3c(C)noc3C)CC2)c(C)n1. The smallest absolute Gasteiger partial charge is 0.248 e. The first-order valence-electron chi connectivity index (χ1n) is 9.30. The van der Waals surface area contributed by atoms with E-state index in [1.807, 2.05) is 26.8 Å². The number of sulfonamides is 1. The molecule has 2 aromatic rings. The number of hydrogen-bond acceptors (Lipinski definition) is 6. The minimum Gasteiger partial charge on any atom is -0.360 e. The van der Waals surface area contributed by atoms with Gasteiger partial charge in [-0.1, -0.05) is 5.16 Å². The topological polar surface area (TPSA) is 105 Å². The van der Waals surface area contributed by atoms with Crippen molar-refractivity contribution in [2.75, 3.05) is 18.4 Å². The molecule has 0 unspecified atom stereocenters. The van der Waals surface area contributed by atoms with Gasteiger partial charge in [0.2, 0.25) is 15.9 Å². The van der Waals surface area contributed by atoms with Crippen molar-refractivity contribution in [3.05, 3.63) is 34.5 Å². The van der Waals surface area contributed by atoms with Gasteiger partial charge in [-0.15, -0.1) is 0 Å². The second-order valence-electron chi connectivity index (χ2n) is 7.36. The molecule has 3 rings (SSSR count). The van der Waals surface area contributed by atoms with Crippen LogP contribution in [0.1, 0.15) is 41.2 Å². The van der Waals surface area contributed by atoms with E-state index in [0.29, 0.717) is 18.5 Å². The third-order valence-electron chi connectivity index (χ3n) is 5.16. The summed E-state index contributed by atoms with van der Waals surface area (Å²) in [4.78, 5) is 17.3. The third-order valence-corrected chi connectivity index (χ3v) is 7.31. The Morgan fingerprint density at radius 2 is 1.79 bits per heavy atom. The van der Waals surface area contributed by atoms with Crippen LogP contribution in [0.5, 0.6) is 0 Å². The van der Waals surface area contributed by atoms with Crippen LogP contribution in [0.25, 0.3) is 0 Å². The first-order valence-corrected chi connectivity index (χ1v) is 10.7. The van der Waals surface area contributed by atoms with Gasteiger partial charge in [0.15, 0.2) is 5.76 Å². The number of nitrogens with one attached hydrogen (secondary N) is 1. The predicted molar refractivity (Wildman–Crippen MR) is 105 cm³/mol. The first kappa shape index (κ1) is 20.5. The molecule has 0 spiro atoms. The van der Waals surface area contributed by atoms with Crippen LogP contribution in [0, 0.1) is 40.5 Å². The molecular formula is C19H26N4O4S. The number of pyridine rings is 1. The minimum atomic E-state index is -3.67. The molecule has 1 fully saturated rings. The predicted octanol–water partition coefficient (Wildman–Crippen LogP) is 2.65. The Bertz CT molecular complexity index is 962. The summed E-state index contributed by atoms with van der Waals surface area (Å²) in [5.41, 5.74) is 3.75. The molecule has 1 aliphatic heterocycles. The van der Waals surface area contributed by atoms with E-state index in [1.165, 1.54) is 4.31 Å². The van der Waals surface area contributed by atoms with Crippen LogP contribution in [0.15, 0.2) is 15.5 Å². The van der Waals surface area contributed by atoms with Crippen LogP contribution in [0.3, 0.4) is 0 Å². The molecule has 8 nitrogen and oxygen atoms in total. The highest BCUT2D eigenvalue weighted by molar-refractivity contribution is 7.89. The molecule has 28 heavy (non-hydrogen) atoms. The van der Waals surface area contributed by atoms with Crippen LogP contribution in [-0.2, 0) is 14.8 Å². The zero-order valence-electron chi connectivity index (χ0n) is 16.9. The fourth-order valence-electron chi connectivity index (χ4n) is 3.77. The van der Waals surface area contributed by atoms with Crippen molar-refractivity contribution in [3.8, 4) is 0 Å². The molecule has 1 amide bonds. The molecule has 3 heterocycles. The van der Waals surface area contributed by atoms with Crippen molar-refractivity contribution >= 4 is 21.6 Å². The van der Waals surface area contributed by atoms with Crippen LogP contribution in [-0.4, -0.2) is 41.9 Å². The van der Waals surface area contributed by atoms with Crippen LogP contribution < -0.4 is 5.32 Å². The lowest BCUT2D eigenvalue weighted by atomic mass is 9.97. The van der Waals surface area contributed by atoms with Crippen LogP contribution in [0.4, 0.5) is 5.69 Å². The highest BCUT2D eigenvalue weighted by Crippen LogP contribution is 2.29. The molecule has 1 aliphatic rings. The highest BCUT2D eigenvalue weighted by atomic mass is 32.2. The number of piperidine rings is 1. The largest absolute Gasteiger partial charge is 0.360 e. The van der Waals surface area contributed by atoms with Crippen molar-refractivity contribution in [1.29, 1.82) is 0 Å². The van der Waals surface area contributed by atoms with Gasteiger partial charge < -0.3 is 9.84 Å². The van der Waals surface area contributed by atoms with E-state index in [-0.39, 0.29) is 35.6 Å². The number of rotatable bonds is 4. The lowest BCUT2D eigenvalue weighted by molar-refractivity contribution is -0.120. The van der Waals surface area contributed by atoms with E-state index in [2.05, 4.69) is 15.5 Å². The second kappa shape index (κ2) is 7.63. The van der Waals surface area contributed by atoms with Gasteiger partial charge in [0, 0.05) is 24.7 Å². The Labute approximate surface area is 165 Å². The van der Waals surface area contributed by atoms with Gasteiger partial charge in [0.05, 0.1) is 11.4 Å². The molecule has 1 N–H and O–H groups in total. The van der Waals surface area contributed by atoms with E-state index < -0.39 is 10.0 Å². The van der Waals surface area contributed by atoms with E-state index in [0.717, 1.165) is 22.6 Å². The summed E-state index contributed by atoms with van der Waals surface area (Å²) in [6.45, 7) is 9.51. The summed E-state index contributed by atoms with van der Waals surface area (Å²) in [5, 5.41) is 6.72. The lowest BCUT2D eigenvalue weighted by Crippen LogP contribution is -2.41. The number of amides is 1. The monoisotopic (exact) mass is 406 g/mol. The molecule has 0 atom stereocenters. The van der Waals surface area contributed by atoms with Gasteiger partial charge in [-0.3, -0.25) is 9.78 Å². The quantitative estimate of drug-likeness (QED) is 0.837. The molecule has 2 aromatic heterocycles. The van der Waals surface area contributed by atoms with Crippen molar-refractivity contribution in [2.45, 2.75) is 52.4 Å². The van der Waals surface area contributed by atoms with Crippen molar-refractivity contribution < 1.29 is 17.7 Å². The van der Waals surface area contributed by atoms with Crippen molar-refractivity contribution in [2.24, 2.45) is 5.92 Å². The van der Waals surface area contributed by atoms with Gasteiger partial charge in [0.25, 0.3) is 0 Å². The summed E-state index contributed by atoms with van der Waals surface area (Å²) >= 11 is 0. The summed E-state index contributed by atoms with van der Waals surface area (Å²) in [5.74, 6) is -0.0438. The molecule has 0 bridgehead atoms. The molecule has 1 saturated heterocycles. The Kier molecular flexibility index (Phi) is 5.58. The summed E-state index contributed by atoms with van der Waals surface area (Å²) in [6.07, 6.45) is 0.928. The number of aromatic nitrogens is 2. The van der Waals surface area contributed by atoms with Crippen molar-refractivity contribution in [3.63, 3.8) is 0 Å². The minimum absolute atomic E-state index is 0.0914. The summed E-state index contributed by atoms with van der Waals surface area (Å²) in [7, 11) is -3.67. The van der Waals surface area contributed by atoms with E-state index in [9.17, 15) is 13.2 Å². The Hall–Kier alpha value is -2.26. The molecule has 0 saturated carbocycles. The Balaban J connectivity index is 1.68. The Morgan fingerprint density at radius 1 is 1.14 bits per heavy atom. The molecule has 0 aromatic carbocycles. The van der Waals surface area contributed by atoms with Crippen LogP contribution >= 0.6 is 0 Å². The van der Waals surface area contributed by atoms with Crippen molar-refractivity contribution in [1.82, 2.24) is 14.4 Å². The maximum Gasteiger partial charge on any atom is 0.248 e. The first-order chi connectivity index (χ1) is 13.1. The number of carbonyl (C=O) groups excluding carboxylic acids is 1. The average molecular weight is 407 g/mol. The number of aryl methyl sites for hydroxylation is 5. The standard InChI is InChI=1S/C19H26N4O4S/c1-11-10-12(2)20-13(3)17(11)21-19(24)16-6-8-23(9-7-16)28(25,26)18-14(4)22-27-15(18)5/h10,16H,6-9H2,1-5H3,(H,21,24). The number of nitrogens with zero attached hydrogens (tertiary/aromatic N) is 3. The van der Waals surface area contributed by atoms with Gasteiger partial charge in [0.1, 0.15) is 10.6 Å². The maximum atomic E-state index is 12.9. The average Bonchev–Trinajstić information content (AvgIpc) is 2.97. The van der Waals surface area contributed by atoms with Gasteiger partial charge in [-0.05, 0) is 59.1 Å². The van der Waals surface area contributed by atoms with Gasteiger partial charge >= 0.3 is 0 Å². The Morgan fingerprint density at radius 3 is 2.32 bits per heavy atom. The molecule has 9 heteroatoms. The van der Waals surface area contributed by atoms with E-state index >= 15 is 0 Å². The molecular weight excluding hydrogens is 380 g/mol. The highest BCUT2D eigenvalue weighted by Gasteiger charge is 2.35. The second-order valence-corrected chi connectivity index (χ2v) is 9.24. The fraction of sp³-hybridized carbons (Fsp3) is 0.526. The van der Waals surface area contributed by atoms with E-state index in [4.69, 9.17) is 4.52 Å². The number of anilines is 1. The molecule has 0 radical (unpaired) electrons. The fourth-order valence-corrected chi connectivity index (χ4v) is 5.53. The molecule has 152 valence electrons. The third kappa shape index (κ3) is 3.81. The zero-order valence-corrected chi connectivity index (χ0v) is 17.7. The van der Waals surface area contributed by atoms with Crippen LogP contribution in [0.2, 0.25) is 0 Å². The molecule has 0 aliphatic carbocycles. The van der Waals surface area contributed by atoms with Gasteiger partial charge in [-0.25, -0.2) is 8.42 Å². The normalized spacial score (nSPS) is 16.3. The summed E-state index contributed by atoms with van der Waals surface area (Å²) in [6, 6.07) is 1.93. The van der Waals surface area contributed by atoms with Gasteiger partial charge in [-0.2, -0.15) is 4.31 Å². The number of hydrogen-bond donors (Lipinski definition) is 1. The zero-order chi connectivity index (χ0) is 20.6. The maximum absolute atomic E-state index is 12.9. The summed E-state index contributed by atoms with van der Waals surface area (Å²) < 4.78 is 32.2. The number of carbonyl (C=O) groups is 1. The lowest BCUT2D eigenvalue weighted by Gasteiger charge is -2.30. The van der Waals surface area contributed by atoms with E-state index in [1.54, 1.807) is 13.8 Å².